The molecule has 0 saturated heterocycles. The summed E-state index contributed by atoms with van der Waals surface area (Å²) in [5.41, 5.74) is 2.58. The van der Waals surface area contributed by atoms with Crippen LogP contribution in [0.5, 0.6) is 0 Å². The maximum atomic E-state index is 5.94. The highest BCUT2D eigenvalue weighted by Gasteiger charge is 2.15. The van der Waals surface area contributed by atoms with Crippen molar-refractivity contribution in [2.75, 3.05) is 0 Å². The molecule has 0 fully saturated rings. The summed E-state index contributed by atoms with van der Waals surface area (Å²) in [6.45, 7) is 0. The van der Waals surface area contributed by atoms with Crippen LogP contribution in [-0.2, 0) is 0 Å². The summed E-state index contributed by atoms with van der Waals surface area (Å²) in [7, 11) is 0. The van der Waals surface area contributed by atoms with Crippen LogP contribution in [0.2, 0.25) is 0 Å². The summed E-state index contributed by atoms with van der Waals surface area (Å²) >= 11 is 2.91. The molecule has 6 aromatic rings. The quantitative estimate of drug-likeness (QED) is 0.381. The second-order valence-corrected chi connectivity index (χ2v) is 8.23. The minimum Gasteiger partial charge on any atom is -0.411 e. The predicted molar refractivity (Wildman–Crippen MR) is 115 cm³/mol. The zero-order valence-corrected chi connectivity index (χ0v) is 17.0. The van der Waals surface area contributed by atoms with Gasteiger partial charge in [0.15, 0.2) is 11.5 Å². The van der Waals surface area contributed by atoms with Crippen molar-refractivity contribution in [3.63, 3.8) is 0 Å². The van der Waals surface area contributed by atoms with Crippen LogP contribution in [0.3, 0.4) is 0 Å². The Kier molecular flexibility index (Phi) is 4.07. The molecule has 0 saturated carbocycles. The second kappa shape index (κ2) is 7.05. The van der Waals surface area contributed by atoms with Crippen LogP contribution in [0.25, 0.3) is 39.3 Å². The van der Waals surface area contributed by atoms with Crippen molar-refractivity contribution in [3.8, 4) is 22.8 Å². The summed E-state index contributed by atoms with van der Waals surface area (Å²) in [5, 5.41) is 28.9. The standard InChI is InChI=1S/C21H12N6OS2/c1-2-6-15-13(4-1)5-3-7-16(15)20-24-25-21(28-20)30-18-9-8-17-22-23-19(27(17)26-18)14-10-11-29-12-14/h1-12H. The van der Waals surface area contributed by atoms with Crippen molar-refractivity contribution in [1.82, 2.24) is 30.0 Å². The van der Waals surface area contributed by atoms with Crippen LogP contribution < -0.4 is 0 Å². The first-order chi connectivity index (χ1) is 14.8. The van der Waals surface area contributed by atoms with E-state index in [0.29, 0.717) is 27.6 Å². The number of hydrogen-bond donors (Lipinski definition) is 0. The molecular weight excluding hydrogens is 416 g/mol. The van der Waals surface area contributed by atoms with E-state index in [1.165, 1.54) is 11.8 Å². The molecule has 0 unspecified atom stereocenters. The predicted octanol–water partition coefficient (Wildman–Crippen LogP) is 5.21. The molecule has 0 aliphatic rings. The lowest BCUT2D eigenvalue weighted by molar-refractivity contribution is 0.466. The van der Waals surface area contributed by atoms with Gasteiger partial charge in [0, 0.05) is 16.5 Å². The third kappa shape index (κ3) is 2.95. The van der Waals surface area contributed by atoms with Crippen molar-refractivity contribution < 1.29 is 4.42 Å². The van der Waals surface area contributed by atoms with Crippen molar-refractivity contribution in [2.45, 2.75) is 10.2 Å². The molecule has 4 heterocycles. The summed E-state index contributed by atoms with van der Waals surface area (Å²) < 4.78 is 7.67. The van der Waals surface area contributed by atoms with E-state index >= 15 is 0 Å². The van der Waals surface area contributed by atoms with Crippen LogP contribution >= 0.6 is 23.1 Å². The summed E-state index contributed by atoms with van der Waals surface area (Å²) in [6, 6.07) is 19.9. The Labute approximate surface area is 178 Å². The molecule has 30 heavy (non-hydrogen) atoms. The fraction of sp³-hybridized carbons (Fsp3) is 0. The first-order valence-electron chi connectivity index (χ1n) is 9.10. The van der Waals surface area contributed by atoms with E-state index in [4.69, 9.17) is 4.42 Å². The van der Waals surface area contributed by atoms with Crippen LogP contribution in [0.4, 0.5) is 0 Å². The van der Waals surface area contributed by atoms with Gasteiger partial charge in [-0.2, -0.15) is 21.0 Å². The van der Waals surface area contributed by atoms with Gasteiger partial charge in [-0.15, -0.1) is 20.4 Å². The van der Waals surface area contributed by atoms with Gasteiger partial charge in [0.2, 0.25) is 5.89 Å². The fourth-order valence-corrected chi connectivity index (χ4v) is 4.53. The molecule has 9 heteroatoms. The first-order valence-corrected chi connectivity index (χ1v) is 10.9. The third-order valence-electron chi connectivity index (χ3n) is 4.64. The maximum Gasteiger partial charge on any atom is 0.283 e. The van der Waals surface area contributed by atoms with Gasteiger partial charge in [-0.3, -0.25) is 0 Å². The van der Waals surface area contributed by atoms with Crippen LogP contribution in [0, 0.1) is 0 Å². The molecule has 144 valence electrons. The smallest absolute Gasteiger partial charge is 0.283 e. The first kappa shape index (κ1) is 17.3. The van der Waals surface area contributed by atoms with E-state index in [9.17, 15) is 0 Å². The monoisotopic (exact) mass is 428 g/mol. The van der Waals surface area contributed by atoms with Crippen molar-refractivity contribution in [1.29, 1.82) is 0 Å². The van der Waals surface area contributed by atoms with Crippen LogP contribution in [0.1, 0.15) is 0 Å². The van der Waals surface area contributed by atoms with Gasteiger partial charge < -0.3 is 4.42 Å². The molecule has 0 bridgehead atoms. The third-order valence-corrected chi connectivity index (χ3v) is 6.09. The average molecular weight is 429 g/mol. The van der Waals surface area contributed by atoms with Gasteiger partial charge in [0.1, 0.15) is 5.03 Å². The fourth-order valence-electron chi connectivity index (χ4n) is 3.26. The Morgan fingerprint density at radius 3 is 2.73 bits per heavy atom. The van der Waals surface area contributed by atoms with Gasteiger partial charge in [-0.25, -0.2) is 0 Å². The Balaban J connectivity index is 1.35. The Morgan fingerprint density at radius 1 is 0.867 bits per heavy atom. The number of nitrogens with zero attached hydrogens (tertiary/aromatic N) is 6. The number of fused-ring (bicyclic) bond motifs is 2. The second-order valence-electron chi connectivity index (χ2n) is 6.48. The minimum absolute atomic E-state index is 0.426. The lowest BCUT2D eigenvalue weighted by Gasteiger charge is -2.02. The number of thiophene rings is 1. The van der Waals surface area contributed by atoms with Gasteiger partial charge in [-0.05, 0) is 52.2 Å². The number of aromatic nitrogens is 6. The summed E-state index contributed by atoms with van der Waals surface area (Å²) in [5.74, 6) is 1.19. The maximum absolute atomic E-state index is 5.94. The number of rotatable bonds is 4. The topological polar surface area (TPSA) is 82.0 Å². The molecule has 0 N–H and O–H groups in total. The summed E-state index contributed by atoms with van der Waals surface area (Å²) in [4.78, 5) is 0. The van der Waals surface area contributed by atoms with E-state index in [0.717, 1.165) is 21.9 Å². The molecular formula is C21H12N6OS2. The van der Waals surface area contributed by atoms with E-state index in [1.54, 1.807) is 15.9 Å². The van der Waals surface area contributed by atoms with Crippen LogP contribution in [0.15, 0.2) is 86.1 Å². The highest BCUT2D eigenvalue weighted by Crippen LogP contribution is 2.32. The molecule has 2 aromatic carbocycles. The molecule has 7 nitrogen and oxygen atoms in total. The molecule has 0 aliphatic heterocycles. The van der Waals surface area contributed by atoms with Crippen molar-refractivity contribution in [3.05, 3.63) is 71.4 Å². The average Bonchev–Trinajstić information content (AvgIpc) is 3.54. The molecule has 0 radical (unpaired) electrons. The highest BCUT2D eigenvalue weighted by molar-refractivity contribution is 7.99. The Hall–Kier alpha value is -3.56. The van der Waals surface area contributed by atoms with Crippen LogP contribution in [-0.4, -0.2) is 30.0 Å². The molecule has 4 aromatic heterocycles. The minimum atomic E-state index is 0.426. The molecule has 6 rings (SSSR count). The van der Waals surface area contributed by atoms with E-state index in [1.807, 2.05) is 53.2 Å². The SMILES string of the molecule is c1ccc2c(-c3nnc(Sc4ccc5nnc(-c6ccsc6)n5n4)o3)cccc2c1. The van der Waals surface area contributed by atoms with Gasteiger partial charge >= 0.3 is 0 Å². The van der Waals surface area contributed by atoms with Crippen molar-refractivity contribution >= 4 is 39.5 Å². The highest BCUT2D eigenvalue weighted by atomic mass is 32.2. The zero-order chi connectivity index (χ0) is 19.9. The van der Waals surface area contributed by atoms with Gasteiger partial charge in [0.05, 0.1) is 0 Å². The molecule has 0 atom stereocenters. The molecule has 0 spiro atoms. The zero-order valence-electron chi connectivity index (χ0n) is 15.3. The Morgan fingerprint density at radius 2 is 1.80 bits per heavy atom. The summed E-state index contributed by atoms with van der Waals surface area (Å²) in [6.07, 6.45) is 0. The van der Waals surface area contributed by atoms with Gasteiger partial charge in [-0.1, -0.05) is 36.4 Å². The number of benzene rings is 2. The normalized spacial score (nSPS) is 11.5. The molecule has 0 aliphatic carbocycles. The Bertz CT molecular complexity index is 1480. The van der Waals surface area contributed by atoms with E-state index in [2.05, 4.69) is 43.7 Å². The lowest BCUT2D eigenvalue weighted by Crippen LogP contribution is -1.95. The van der Waals surface area contributed by atoms with E-state index < -0.39 is 0 Å². The van der Waals surface area contributed by atoms with Gasteiger partial charge in [0.25, 0.3) is 5.22 Å². The lowest BCUT2D eigenvalue weighted by atomic mass is 10.0. The largest absolute Gasteiger partial charge is 0.411 e. The number of hydrogen-bond acceptors (Lipinski definition) is 8. The molecule has 0 amide bonds. The van der Waals surface area contributed by atoms with Crippen molar-refractivity contribution in [2.24, 2.45) is 0 Å². The van der Waals surface area contributed by atoms with E-state index in [-0.39, 0.29) is 0 Å².